The van der Waals surface area contributed by atoms with Crippen molar-refractivity contribution in [2.75, 3.05) is 38.1 Å². The molecule has 0 atom stereocenters. The molecule has 1 amide bonds. The van der Waals surface area contributed by atoms with Crippen molar-refractivity contribution >= 4 is 28.7 Å². The molecule has 0 radical (unpaired) electrons. The molecule has 2 saturated carbocycles. The Bertz CT molecular complexity index is 1500. The van der Waals surface area contributed by atoms with Gasteiger partial charge in [-0.1, -0.05) is 12.5 Å². The number of pyridine rings is 1. The summed E-state index contributed by atoms with van der Waals surface area (Å²) in [6.45, 7) is 4.95. The third-order valence-electron chi connectivity index (χ3n) is 8.17. The topological polar surface area (TPSA) is 112 Å². The van der Waals surface area contributed by atoms with Crippen LogP contribution in [0.15, 0.2) is 48.8 Å². The van der Waals surface area contributed by atoms with E-state index in [2.05, 4.69) is 41.1 Å². The molecule has 40 heavy (non-hydrogen) atoms. The molecule has 0 spiro atoms. The quantitative estimate of drug-likeness (QED) is 0.323. The van der Waals surface area contributed by atoms with Gasteiger partial charge in [0.05, 0.1) is 23.3 Å². The summed E-state index contributed by atoms with van der Waals surface area (Å²) in [5.74, 6) is 2.67. The normalized spacial score (nSPS) is 18.1. The Morgan fingerprint density at radius 3 is 2.62 bits per heavy atom. The molecule has 206 valence electrons. The maximum Gasteiger partial charge on any atom is 0.316 e. The fourth-order valence-corrected chi connectivity index (χ4v) is 5.34. The summed E-state index contributed by atoms with van der Waals surface area (Å²) in [6.07, 6.45) is 9.35. The van der Waals surface area contributed by atoms with E-state index in [9.17, 15) is 4.79 Å². The van der Waals surface area contributed by atoms with Crippen LogP contribution in [0.3, 0.4) is 0 Å². The van der Waals surface area contributed by atoms with Crippen molar-refractivity contribution in [3.05, 3.63) is 54.4 Å². The van der Waals surface area contributed by atoms with Crippen molar-refractivity contribution in [3.63, 3.8) is 0 Å². The largest absolute Gasteiger partial charge is 0.463 e. The SMILES string of the molecule is O=C(C1CCC1)N1CCN(Cc2ccnc(Nc3nc4ccc(-c5ccnc(OCC6CC6)n5)cc4[nH]3)c2)CC1. The molecule has 2 aliphatic carbocycles. The number of nitrogens with zero attached hydrogens (tertiary/aromatic N) is 6. The first-order valence-electron chi connectivity index (χ1n) is 14.4. The average Bonchev–Trinajstić information content (AvgIpc) is 3.69. The number of carbonyl (C=O) groups is 1. The van der Waals surface area contributed by atoms with Crippen LogP contribution in [-0.2, 0) is 11.3 Å². The first kappa shape index (κ1) is 25.0. The Morgan fingerprint density at radius 1 is 0.975 bits per heavy atom. The van der Waals surface area contributed by atoms with Gasteiger partial charge in [-0.2, -0.15) is 4.98 Å². The Hall–Kier alpha value is -4.05. The molecule has 3 fully saturated rings. The summed E-state index contributed by atoms with van der Waals surface area (Å²) < 4.78 is 5.76. The van der Waals surface area contributed by atoms with E-state index in [0.717, 1.165) is 73.7 Å². The Morgan fingerprint density at radius 2 is 1.82 bits per heavy atom. The van der Waals surface area contributed by atoms with E-state index in [1.54, 1.807) is 6.20 Å². The first-order valence-corrected chi connectivity index (χ1v) is 14.4. The lowest BCUT2D eigenvalue weighted by Crippen LogP contribution is -2.50. The van der Waals surface area contributed by atoms with Crippen LogP contribution in [0.2, 0.25) is 0 Å². The van der Waals surface area contributed by atoms with Gasteiger partial charge in [0.2, 0.25) is 11.9 Å². The molecule has 3 aliphatic rings. The molecule has 4 aromatic rings. The van der Waals surface area contributed by atoms with Crippen LogP contribution < -0.4 is 10.1 Å². The lowest BCUT2D eigenvalue weighted by atomic mass is 9.84. The Balaban J connectivity index is 0.983. The summed E-state index contributed by atoms with van der Waals surface area (Å²) in [5.41, 5.74) is 4.73. The number of nitrogens with one attached hydrogen (secondary N) is 2. The van der Waals surface area contributed by atoms with Crippen molar-refractivity contribution in [1.29, 1.82) is 0 Å². The number of H-pyrrole nitrogens is 1. The van der Waals surface area contributed by atoms with E-state index in [1.165, 1.54) is 24.8 Å². The molecular formula is C30H34N8O2. The van der Waals surface area contributed by atoms with Gasteiger partial charge in [-0.25, -0.2) is 15.0 Å². The lowest BCUT2D eigenvalue weighted by molar-refractivity contribution is -0.140. The standard InChI is InChI=1S/C30H34N8O2/c39-28(22-2-1-3-22)38-14-12-37(13-15-38)18-21-8-10-31-27(16-21)36-29-33-25-7-6-23(17-26(25)34-29)24-9-11-32-30(35-24)40-19-20-4-5-20/h6-11,16-17,20,22H,1-5,12-15,18-19H2,(H2,31,33,34,36). The summed E-state index contributed by atoms with van der Waals surface area (Å²) in [6, 6.07) is 12.5. The van der Waals surface area contributed by atoms with Crippen molar-refractivity contribution in [3.8, 4) is 17.3 Å². The molecule has 10 nitrogen and oxygen atoms in total. The zero-order valence-corrected chi connectivity index (χ0v) is 22.6. The fourth-order valence-electron chi connectivity index (χ4n) is 5.34. The molecule has 1 aliphatic heterocycles. The van der Waals surface area contributed by atoms with Crippen LogP contribution in [-0.4, -0.2) is 73.4 Å². The van der Waals surface area contributed by atoms with E-state index in [0.29, 0.717) is 30.4 Å². The number of benzene rings is 1. The van der Waals surface area contributed by atoms with E-state index >= 15 is 0 Å². The first-order chi connectivity index (χ1) is 19.7. The molecule has 0 unspecified atom stereocenters. The number of aromatic nitrogens is 5. The van der Waals surface area contributed by atoms with Crippen molar-refractivity contribution in [1.82, 2.24) is 34.7 Å². The van der Waals surface area contributed by atoms with Gasteiger partial charge in [0.1, 0.15) is 5.82 Å². The van der Waals surface area contributed by atoms with Gasteiger partial charge in [0.15, 0.2) is 0 Å². The highest BCUT2D eigenvalue weighted by Gasteiger charge is 2.31. The maximum atomic E-state index is 12.6. The number of hydrogen-bond donors (Lipinski definition) is 2. The number of imidazole rings is 1. The zero-order valence-electron chi connectivity index (χ0n) is 22.6. The van der Waals surface area contributed by atoms with Gasteiger partial charge in [0.25, 0.3) is 0 Å². The van der Waals surface area contributed by atoms with Gasteiger partial charge >= 0.3 is 6.01 Å². The van der Waals surface area contributed by atoms with E-state index < -0.39 is 0 Å². The summed E-state index contributed by atoms with van der Waals surface area (Å²) in [5, 5.41) is 3.33. The van der Waals surface area contributed by atoms with Gasteiger partial charge in [0, 0.05) is 56.6 Å². The third-order valence-corrected chi connectivity index (χ3v) is 8.17. The van der Waals surface area contributed by atoms with E-state index in [1.807, 2.05) is 36.5 Å². The molecule has 1 saturated heterocycles. The molecular weight excluding hydrogens is 504 g/mol. The molecule has 7 rings (SSSR count). The second-order valence-electron chi connectivity index (χ2n) is 11.2. The molecule has 3 aromatic heterocycles. The van der Waals surface area contributed by atoms with Gasteiger partial charge in [-0.3, -0.25) is 9.69 Å². The number of piperazine rings is 1. The minimum absolute atomic E-state index is 0.279. The maximum absolute atomic E-state index is 12.6. The monoisotopic (exact) mass is 538 g/mol. The average molecular weight is 539 g/mol. The second kappa shape index (κ2) is 10.8. The van der Waals surface area contributed by atoms with Gasteiger partial charge in [-0.05, 0) is 67.5 Å². The number of fused-ring (bicyclic) bond motifs is 1. The summed E-state index contributed by atoms with van der Waals surface area (Å²) in [7, 11) is 0. The van der Waals surface area contributed by atoms with Crippen LogP contribution in [0.1, 0.15) is 37.7 Å². The smallest absolute Gasteiger partial charge is 0.316 e. The molecule has 0 bridgehead atoms. The van der Waals surface area contributed by atoms with Crippen molar-refractivity contribution in [2.45, 2.75) is 38.6 Å². The molecule has 4 heterocycles. The fraction of sp³-hybridized carbons (Fsp3) is 0.433. The molecule has 10 heteroatoms. The minimum Gasteiger partial charge on any atom is -0.463 e. The highest BCUT2D eigenvalue weighted by Crippen LogP contribution is 2.30. The Labute approximate surface area is 233 Å². The Kier molecular flexibility index (Phi) is 6.76. The number of rotatable bonds is 9. The lowest BCUT2D eigenvalue weighted by Gasteiger charge is -2.38. The summed E-state index contributed by atoms with van der Waals surface area (Å²) >= 11 is 0. The van der Waals surface area contributed by atoms with Gasteiger partial charge < -0.3 is 19.9 Å². The number of amides is 1. The van der Waals surface area contributed by atoms with Crippen LogP contribution >= 0.6 is 0 Å². The number of hydrogen-bond acceptors (Lipinski definition) is 8. The minimum atomic E-state index is 0.279. The number of ether oxygens (including phenoxy) is 1. The van der Waals surface area contributed by atoms with Crippen LogP contribution in [0.4, 0.5) is 11.8 Å². The number of anilines is 2. The van der Waals surface area contributed by atoms with Crippen LogP contribution in [0.25, 0.3) is 22.3 Å². The molecule has 2 N–H and O–H groups in total. The van der Waals surface area contributed by atoms with Crippen LogP contribution in [0, 0.1) is 11.8 Å². The summed E-state index contributed by atoms with van der Waals surface area (Å²) in [4.78, 5) is 38.4. The third kappa shape index (κ3) is 5.62. The zero-order chi connectivity index (χ0) is 26.9. The second-order valence-corrected chi connectivity index (χ2v) is 11.2. The predicted molar refractivity (Wildman–Crippen MR) is 152 cm³/mol. The highest BCUT2D eigenvalue weighted by atomic mass is 16.5. The predicted octanol–water partition coefficient (Wildman–Crippen LogP) is 4.39. The van der Waals surface area contributed by atoms with E-state index in [-0.39, 0.29) is 5.92 Å². The van der Waals surface area contributed by atoms with E-state index in [4.69, 9.17) is 9.72 Å². The number of aromatic amines is 1. The molecule has 1 aromatic carbocycles. The number of carbonyl (C=O) groups excluding carboxylic acids is 1. The van der Waals surface area contributed by atoms with Crippen molar-refractivity contribution < 1.29 is 9.53 Å². The van der Waals surface area contributed by atoms with Crippen molar-refractivity contribution in [2.24, 2.45) is 11.8 Å². The highest BCUT2D eigenvalue weighted by molar-refractivity contribution is 5.83. The van der Waals surface area contributed by atoms with Gasteiger partial charge in [-0.15, -0.1) is 0 Å². The van der Waals surface area contributed by atoms with Crippen LogP contribution in [0.5, 0.6) is 6.01 Å².